The van der Waals surface area contributed by atoms with Crippen LogP contribution in [-0.2, 0) is 13.1 Å². The third-order valence-corrected chi connectivity index (χ3v) is 3.83. The van der Waals surface area contributed by atoms with Gasteiger partial charge >= 0.3 is 0 Å². The lowest BCUT2D eigenvalue weighted by atomic mass is 10.1. The zero-order valence-corrected chi connectivity index (χ0v) is 11.7. The van der Waals surface area contributed by atoms with Crippen molar-refractivity contribution in [3.63, 3.8) is 0 Å². The highest BCUT2D eigenvalue weighted by Gasteiger charge is 2.17. The predicted molar refractivity (Wildman–Crippen MR) is 79.2 cm³/mol. The number of imidazole rings is 1. The van der Waals surface area contributed by atoms with Crippen LogP contribution in [0.25, 0.3) is 22.3 Å². The van der Waals surface area contributed by atoms with E-state index < -0.39 is 0 Å². The molecule has 3 aromatic rings. The maximum absolute atomic E-state index is 4.57. The molecule has 98 valence electrons. The van der Waals surface area contributed by atoms with Gasteiger partial charge in [-0.3, -0.25) is 0 Å². The molecule has 3 heteroatoms. The van der Waals surface area contributed by atoms with Gasteiger partial charge in [-0.15, -0.1) is 0 Å². The minimum absolute atomic E-state index is 0.945. The van der Waals surface area contributed by atoms with E-state index in [1.165, 1.54) is 22.2 Å². The molecule has 2 aromatic heterocycles. The summed E-state index contributed by atoms with van der Waals surface area (Å²) >= 11 is 0. The van der Waals surface area contributed by atoms with Crippen LogP contribution >= 0.6 is 0 Å². The summed E-state index contributed by atoms with van der Waals surface area (Å²) in [5, 5.41) is 1.29. The van der Waals surface area contributed by atoms with Crippen LogP contribution < -0.4 is 0 Å². The number of rotatable bonds is 3. The maximum Gasteiger partial charge on any atom is 0.142 e. The molecule has 0 bridgehead atoms. The molecule has 0 fully saturated rings. The summed E-state index contributed by atoms with van der Waals surface area (Å²) in [5.41, 5.74) is 3.86. The number of aryl methyl sites for hydroxylation is 2. The Morgan fingerprint density at radius 2 is 1.89 bits per heavy atom. The predicted octanol–water partition coefficient (Wildman–Crippen LogP) is 3.85. The Balaban J connectivity index is 2.38. The normalized spacial score (nSPS) is 11.3. The molecular weight excluding hydrogens is 234 g/mol. The Hall–Kier alpha value is -2.03. The van der Waals surface area contributed by atoms with Gasteiger partial charge in [-0.05, 0) is 26.8 Å². The van der Waals surface area contributed by atoms with Gasteiger partial charge in [0.1, 0.15) is 5.82 Å². The van der Waals surface area contributed by atoms with Gasteiger partial charge in [0.25, 0.3) is 0 Å². The number of fused-ring (bicyclic) bond motifs is 1. The molecule has 0 unspecified atom stereocenters. The van der Waals surface area contributed by atoms with E-state index in [1.54, 1.807) is 0 Å². The molecule has 0 aliphatic heterocycles. The van der Waals surface area contributed by atoms with Gasteiger partial charge in [0.15, 0.2) is 0 Å². The van der Waals surface area contributed by atoms with Crippen molar-refractivity contribution >= 4 is 10.9 Å². The van der Waals surface area contributed by atoms with Crippen LogP contribution in [-0.4, -0.2) is 14.1 Å². The van der Waals surface area contributed by atoms with Crippen LogP contribution in [0.1, 0.15) is 19.5 Å². The molecule has 0 atom stereocenters. The second kappa shape index (κ2) is 4.57. The van der Waals surface area contributed by atoms with Crippen molar-refractivity contribution in [2.24, 2.45) is 0 Å². The molecule has 0 amide bonds. The minimum atomic E-state index is 0.945. The lowest BCUT2D eigenvalue weighted by molar-refractivity contribution is 0.757. The van der Waals surface area contributed by atoms with Crippen molar-refractivity contribution < 1.29 is 0 Å². The lowest BCUT2D eigenvalue weighted by Gasteiger charge is -2.06. The molecule has 0 saturated heterocycles. The topological polar surface area (TPSA) is 22.8 Å². The Labute approximate surface area is 113 Å². The molecule has 19 heavy (non-hydrogen) atoms. The standard InChI is InChI=1S/C16H19N3/c1-4-18-11-10-17-16(18)15-12(3)19(5-2)14-9-7-6-8-13(14)15/h6-11H,4-5H2,1-3H3. The van der Waals surface area contributed by atoms with E-state index in [0.717, 1.165) is 18.9 Å². The van der Waals surface area contributed by atoms with Gasteiger partial charge < -0.3 is 9.13 Å². The summed E-state index contributed by atoms with van der Waals surface area (Å²) in [5.74, 6) is 1.07. The first-order chi connectivity index (χ1) is 9.27. The van der Waals surface area contributed by atoms with Gasteiger partial charge in [0.05, 0.1) is 0 Å². The van der Waals surface area contributed by atoms with Crippen LogP contribution in [0.3, 0.4) is 0 Å². The van der Waals surface area contributed by atoms with Gasteiger partial charge in [0.2, 0.25) is 0 Å². The van der Waals surface area contributed by atoms with Crippen molar-refractivity contribution in [1.82, 2.24) is 14.1 Å². The Morgan fingerprint density at radius 1 is 1.11 bits per heavy atom. The van der Waals surface area contributed by atoms with E-state index in [0.29, 0.717) is 0 Å². The van der Waals surface area contributed by atoms with Crippen LogP contribution in [0.4, 0.5) is 0 Å². The fraction of sp³-hybridized carbons (Fsp3) is 0.312. The van der Waals surface area contributed by atoms with Crippen molar-refractivity contribution in [3.8, 4) is 11.4 Å². The average molecular weight is 253 g/mol. The molecule has 0 spiro atoms. The SMILES string of the molecule is CCn1ccnc1-c1c(C)n(CC)c2ccccc12. The molecule has 0 aliphatic carbocycles. The second-order valence-electron chi connectivity index (χ2n) is 4.76. The highest BCUT2D eigenvalue weighted by Crippen LogP contribution is 2.33. The van der Waals surface area contributed by atoms with Gasteiger partial charge in [-0.1, -0.05) is 18.2 Å². The van der Waals surface area contributed by atoms with Gasteiger partial charge in [0, 0.05) is 47.6 Å². The molecule has 0 aliphatic rings. The number of para-hydroxylation sites is 1. The van der Waals surface area contributed by atoms with Crippen LogP contribution in [0.2, 0.25) is 0 Å². The monoisotopic (exact) mass is 253 g/mol. The zero-order chi connectivity index (χ0) is 13.4. The first-order valence-electron chi connectivity index (χ1n) is 6.87. The number of aromatic nitrogens is 3. The molecular formula is C16H19N3. The van der Waals surface area contributed by atoms with Gasteiger partial charge in [-0.2, -0.15) is 0 Å². The smallest absolute Gasteiger partial charge is 0.142 e. The summed E-state index contributed by atoms with van der Waals surface area (Å²) < 4.78 is 4.56. The molecule has 0 radical (unpaired) electrons. The van der Waals surface area contributed by atoms with E-state index in [9.17, 15) is 0 Å². The molecule has 2 heterocycles. The second-order valence-corrected chi connectivity index (χ2v) is 4.76. The zero-order valence-electron chi connectivity index (χ0n) is 11.7. The van der Waals surface area contributed by atoms with Crippen molar-refractivity contribution in [3.05, 3.63) is 42.4 Å². The van der Waals surface area contributed by atoms with Gasteiger partial charge in [-0.25, -0.2) is 4.98 Å². The molecule has 3 rings (SSSR count). The lowest BCUT2D eigenvalue weighted by Crippen LogP contribution is -1.99. The quantitative estimate of drug-likeness (QED) is 0.695. The van der Waals surface area contributed by atoms with E-state index in [1.807, 2.05) is 12.4 Å². The maximum atomic E-state index is 4.57. The number of hydrogen-bond donors (Lipinski definition) is 0. The summed E-state index contributed by atoms with van der Waals surface area (Å²) in [6, 6.07) is 8.58. The first-order valence-corrected chi connectivity index (χ1v) is 6.87. The van der Waals surface area contributed by atoms with Crippen molar-refractivity contribution in [2.75, 3.05) is 0 Å². The van der Waals surface area contributed by atoms with Crippen LogP contribution in [0, 0.1) is 6.92 Å². The Morgan fingerprint density at radius 3 is 2.63 bits per heavy atom. The van der Waals surface area contributed by atoms with E-state index in [4.69, 9.17) is 0 Å². The van der Waals surface area contributed by atoms with E-state index >= 15 is 0 Å². The number of benzene rings is 1. The first kappa shape index (κ1) is 12.0. The molecule has 0 N–H and O–H groups in total. The fourth-order valence-corrected chi connectivity index (χ4v) is 2.91. The molecule has 1 aromatic carbocycles. The highest BCUT2D eigenvalue weighted by molar-refractivity contribution is 5.96. The van der Waals surface area contributed by atoms with Crippen molar-refractivity contribution in [2.45, 2.75) is 33.9 Å². The average Bonchev–Trinajstić information content (AvgIpc) is 2.99. The summed E-state index contributed by atoms with van der Waals surface area (Å²) in [4.78, 5) is 4.57. The third-order valence-electron chi connectivity index (χ3n) is 3.83. The summed E-state index contributed by atoms with van der Waals surface area (Å²) in [6.07, 6.45) is 3.93. The number of nitrogens with zero attached hydrogens (tertiary/aromatic N) is 3. The van der Waals surface area contributed by atoms with Crippen LogP contribution in [0.15, 0.2) is 36.7 Å². The number of hydrogen-bond acceptors (Lipinski definition) is 1. The largest absolute Gasteiger partial charge is 0.344 e. The van der Waals surface area contributed by atoms with E-state index in [-0.39, 0.29) is 0 Å². The summed E-state index contributed by atoms with van der Waals surface area (Å²) in [6.45, 7) is 8.46. The van der Waals surface area contributed by atoms with Crippen molar-refractivity contribution in [1.29, 1.82) is 0 Å². The summed E-state index contributed by atoms with van der Waals surface area (Å²) in [7, 11) is 0. The third kappa shape index (κ3) is 1.69. The van der Waals surface area contributed by atoms with E-state index in [2.05, 4.69) is 59.2 Å². The Kier molecular flexibility index (Phi) is 2.90. The highest BCUT2D eigenvalue weighted by atomic mass is 15.1. The fourth-order valence-electron chi connectivity index (χ4n) is 2.91. The Bertz CT molecular complexity index is 719. The molecule has 3 nitrogen and oxygen atoms in total. The van der Waals surface area contributed by atoms with Crippen LogP contribution in [0.5, 0.6) is 0 Å². The minimum Gasteiger partial charge on any atom is -0.344 e. The molecule has 0 saturated carbocycles.